The summed E-state index contributed by atoms with van der Waals surface area (Å²) in [5.74, 6) is 1.27. The number of benzene rings is 2. The average molecular weight is 509 g/mol. The molecule has 8 heteroatoms. The molecule has 2 aromatic carbocycles. The van der Waals surface area contributed by atoms with Crippen molar-refractivity contribution < 1.29 is 28.5 Å². The average Bonchev–Trinajstić information content (AvgIpc) is 3.46. The number of nitrogens with one attached hydrogen (secondary N) is 1. The molecule has 1 aliphatic carbocycles. The molecule has 3 aliphatic rings. The summed E-state index contributed by atoms with van der Waals surface area (Å²) < 4.78 is 23.3. The molecule has 198 valence electrons. The summed E-state index contributed by atoms with van der Waals surface area (Å²) >= 11 is 0. The van der Waals surface area contributed by atoms with E-state index in [0.29, 0.717) is 36.0 Å². The topological polar surface area (TPSA) is 86.3 Å². The summed E-state index contributed by atoms with van der Waals surface area (Å²) in [5, 5.41) is 3.25. The zero-order valence-corrected chi connectivity index (χ0v) is 21.4. The minimum atomic E-state index is -0.869. The van der Waals surface area contributed by atoms with Gasteiger partial charge in [-0.2, -0.15) is 0 Å². The number of amides is 2. The van der Waals surface area contributed by atoms with Crippen molar-refractivity contribution in [2.75, 3.05) is 26.9 Å². The highest BCUT2D eigenvalue weighted by Crippen LogP contribution is 2.34. The minimum Gasteiger partial charge on any atom is -0.497 e. The molecule has 0 bridgehead atoms. The van der Waals surface area contributed by atoms with Crippen LogP contribution in [-0.4, -0.2) is 61.8 Å². The fourth-order valence-electron chi connectivity index (χ4n) is 5.47. The molecule has 1 saturated carbocycles. The number of hydrogen-bond acceptors (Lipinski definition) is 6. The molecular formula is C29H36N2O6. The van der Waals surface area contributed by atoms with E-state index in [-0.39, 0.29) is 30.6 Å². The standard InChI is InChI=1S/C29H36N2O6/c1-34-22-12-7-9-20(17-22)27(28(32)30-21-10-3-2-4-11-21)31(18-23-13-8-16-35-23)29(33)26-19-36-24-14-5-6-15-25(24)37-26/h5-7,9,12,14-15,17,21,23,26-27H,2-4,8,10-11,13,16,18-19H2,1H3,(H,30,32). The van der Waals surface area contributed by atoms with E-state index in [4.69, 9.17) is 18.9 Å². The van der Waals surface area contributed by atoms with Crippen molar-refractivity contribution in [3.05, 3.63) is 54.1 Å². The molecule has 2 aromatic rings. The van der Waals surface area contributed by atoms with E-state index in [1.807, 2.05) is 42.5 Å². The molecule has 2 amide bonds. The van der Waals surface area contributed by atoms with Crippen molar-refractivity contribution in [1.29, 1.82) is 0 Å². The van der Waals surface area contributed by atoms with E-state index in [1.165, 1.54) is 6.42 Å². The summed E-state index contributed by atoms with van der Waals surface area (Å²) in [6, 6.07) is 13.9. The van der Waals surface area contributed by atoms with Crippen LogP contribution < -0.4 is 19.5 Å². The smallest absolute Gasteiger partial charge is 0.268 e. The van der Waals surface area contributed by atoms with Crippen molar-refractivity contribution >= 4 is 11.8 Å². The largest absolute Gasteiger partial charge is 0.497 e. The first-order valence-corrected chi connectivity index (χ1v) is 13.4. The molecule has 0 aromatic heterocycles. The van der Waals surface area contributed by atoms with Gasteiger partial charge in [0, 0.05) is 19.2 Å². The molecule has 37 heavy (non-hydrogen) atoms. The third kappa shape index (κ3) is 6.01. The molecule has 8 nitrogen and oxygen atoms in total. The van der Waals surface area contributed by atoms with Gasteiger partial charge in [-0.05, 0) is 55.5 Å². The van der Waals surface area contributed by atoms with Gasteiger partial charge < -0.3 is 29.2 Å². The SMILES string of the molecule is COc1cccc(C(C(=O)NC2CCCCC2)N(CC2CCCO2)C(=O)C2COc3ccccc3O2)c1. The van der Waals surface area contributed by atoms with Crippen molar-refractivity contribution in [3.8, 4) is 17.2 Å². The van der Waals surface area contributed by atoms with Gasteiger partial charge in [0.25, 0.3) is 5.91 Å². The maximum absolute atomic E-state index is 14.1. The fraction of sp³-hybridized carbons (Fsp3) is 0.517. The molecule has 0 spiro atoms. The van der Waals surface area contributed by atoms with Gasteiger partial charge in [-0.25, -0.2) is 0 Å². The Morgan fingerprint density at radius 2 is 1.84 bits per heavy atom. The number of carbonyl (C=O) groups is 2. The zero-order valence-electron chi connectivity index (χ0n) is 21.4. The van der Waals surface area contributed by atoms with Gasteiger partial charge in [-0.3, -0.25) is 9.59 Å². The Kier molecular flexibility index (Phi) is 8.14. The molecule has 2 heterocycles. The number of carbonyl (C=O) groups excluding carboxylic acids is 2. The second kappa shape index (κ2) is 11.9. The highest BCUT2D eigenvalue weighted by atomic mass is 16.6. The van der Waals surface area contributed by atoms with Crippen LogP contribution in [0.15, 0.2) is 48.5 Å². The minimum absolute atomic E-state index is 0.0763. The summed E-state index contributed by atoms with van der Waals surface area (Å²) in [5.41, 5.74) is 0.691. The molecule has 3 unspecified atom stereocenters. The molecular weight excluding hydrogens is 472 g/mol. The lowest BCUT2D eigenvalue weighted by Crippen LogP contribution is -2.54. The Bertz CT molecular complexity index is 1080. The molecule has 0 radical (unpaired) electrons. The van der Waals surface area contributed by atoms with Crippen LogP contribution in [0.3, 0.4) is 0 Å². The number of para-hydroxylation sites is 2. The van der Waals surface area contributed by atoms with Crippen LogP contribution in [0.1, 0.15) is 56.6 Å². The summed E-state index contributed by atoms with van der Waals surface area (Å²) in [4.78, 5) is 29.7. The van der Waals surface area contributed by atoms with Gasteiger partial charge >= 0.3 is 0 Å². The molecule has 3 atom stereocenters. The van der Waals surface area contributed by atoms with Gasteiger partial charge in [-0.15, -0.1) is 0 Å². The predicted molar refractivity (Wildman–Crippen MR) is 138 cm³/mol. The Morgan fingerprint density at radius 3 is 2.59 bits per heavy atom. The molecule has 1 N–H and O–H groups in total. The normalized spacial score (nSPS) is 22.2. The molecule has 2 fully saturated rings. The van der Waals surface area contributed by atoms with Crippen molar-refractivity contribution in [3.63, 3.8) is 0 Å². The van der Waals surface area contributed by atoms with Crippen molar-refractivity contribution in [2.45, 2.75) is 69.2 Å². The van der Waals surface area contributed by atoms with Gasteiger partial charge in [0.1, 0.15) is 18.4 Å². The monoisotopic (exact) mass is 508 g/mol. The number of methoxy groups -OCH3 is 1. The third-order valence-corrected chi connectivity index (χ3v) is 7.41. The number of hydrogen-bond donors (Lipinski definition) is 1. The van der Waals surface area contributed by atoms with E-state index in [9.17, 15) is 9.59 Å². The third-order valence-electron chi connectivity index (χ3n) is 7.41. The van der Waals surface area contributed by atoms with Crippen LogP contribution in [0.4, 0.5) is 0 Å². The highest BCUT2D eigenvalue weighted by molar-refractivity contribution is 5.91. The first-order valence-electron chi connectivity index (χ1n) is 13.4. The van der Waals surface area contributed by atoms with Crippen LogP contribution >= 0.6 is 0 Å². The Labute approximate surface area is 218 Å². The highest BCUT2D eigenvalue weighted by Gasteiger charge is 2.40. The van der Waals surface area contributed by atoms with E-state index >= 15 is 0 Å². The zero-order chi connectivity index (χ0) is 25.6. The fourth-order valence-corrected chi connectivity index (χ4v) is 5.47. The quantitative estimate of drug-likeness (QED) is 0.580. The second-order valence-corrected chi connectivity index (χ2v) is 10.0. The van der Waals surface area contributed by atoms with Crippen molar-refractivity contribution in [2.24, 2.45) is 0 Å². The van der Waals surface area contributed by atoms with E-state index in [0.717, 1.165) is 38.5 Å². The summed E-state index contributed by atoms with van der Waals surface area (Å²) in [6.07, 6.45) is 6.04. The maximum atomic E-state index is 14.1. The maximum Gasteiger partial charge on any atom is 0.268 e. The summed E-state index contributed by atoms with van der Waals surface area (Å²) in [6.45, 7) is 1.02. The number of nitrogens with zero attached hydrogens (tertiary/aromatic N) is 1. The lowest BCUT2D eigenvalue weighted by Gasteiger charge is -2.37. The van der Waals surface area contributed by atoms with Crippen LogP contribution in [0.5, 0.6) is 17.2 Å². The molecule has 5 rings (SSSR count). The van der Waals surface area contributed by atoms with Gasteiger partial charge in [0.05, 0.1) is 13.2 Å². The van der Waals surface area contributed by atoms with E-state index in [2.05, 4.69) is 5.32 Å². The second-order valence-electron chi connectivity index (χ2n) is 10.0. The lowest BCUT2D eigenvalue weighted by molar-refractivity contribution is -0.150. The predicted octanol–water partition coefficient (Wildman–Crippen LogP) is 4.03. The van der Waals surface area contributed by atoms with E-state index in [1.54, 1.807) is 18.1 Å². The number of rotatable bonds is 8. The van der Waals surface area contributed by atoms with Crippen LogP contribution in [0.2, 0.25) is 0 Å². The first kappa shape index (κ1) is 25.4. The van der Waals surface area contributed by atoms with Crippen molar-refractivity contribution in [1.82, 2.24) is 10.2 Å². The Balaban J connectivity index is 1.47. The van der Waals surface area contributed by atoms with Crippen LogP contribution in [0, 0.1) is 0 Å². The number of ether oxygens (including phenoxy) is 4. The van der Waals surface area contributed by atoms with Gasteiger partial charge in [0.2, 0.25) is 12.0 Å². The Morgan fingerprint density at radius 1 is 1.03 bits per heavy atom. The van der Waals surface area contributed by atoms with Gasteiger partial charge in [0.15, 0.2) is 11.5 Å². The lowest BCUT2D eigenvalue weighted by atomic mass is 9.94. The van der Waals surface area contributed by atoms with Crippen LogP contribution in [-0.2, 0) is 14.3 Å². The molecule has 1 saturated heterocycles. The van der Waals surface area contributed by atoms with Crippen LogP contribution in [0.25, 0.3) is 0 Å². The number of fused-ring (bicyclic) bond motifs is 1. The summed E-state index contributed by atoms with van der Waals surface area (Å²) in [7, 11) is 1.59. The Hall–Kier alpha value is -3.26. The molecule has 2 aliphatic heterocycles. The van der Waals surface area contributed by atoms with E-state index < -0.39 is 12.1 Å². The first-order chi connectivity index (χ1) is 18.1. The van der Waals surface area contributed by atoms with Gasteiger partial charge in [-0.1, -0.05) is 43.5 Å².